The molecule has 0 unspecified atom stereocenters. The molecular formula is C25H28O11. The normalized spacial score (nSPS) is 13.7. The second kappa shape index (κ2) is 13.7. The van der Waals surface area contributed by atoms with Crippen molar-refractivity contribution < 1.29 is 60.3 Å². The summed E-state index contributed by atoms with van der Waals surface area (Å²) in [6.45, 7) is -4.59. The largest absolute Gasteiger partial charge is 0.507 e. The van der Waals surface area contributed by atoms with Crippen molar-refractivity contribution in [1.82, 2.24) is 0 Å². The van der Waals surface area contributed by atoms with Gasteiger partial charge in [-0.05, 0) is 38.1 Å². The Kier molecular flexibility index (Phi) is 8.06. The van der Waals surface area contributed by atoms with Gasteiger partial charge < -0.3 is 34.3 Å². The van der Waals surface area contributed by atoms with E-state index in [1.807, 2.05) is 0 Å². The number of aliphatic hydroxyl groups is 1. The van der Waals surface area contributed by atoms with E-state index in [1.165, 1.54) is 13.8 Å². The van der Waals surface area contributed by atoms with Gasteiger partial charge in [-0.1, -0.05) is 12.1 Å². The molecule has 0 radical (unpaired) electrons. The van der Waals surface area contributed by atoms with Gasteiger partial charge in [-0.3, -0.25) is 19.2 Å². The first kappa shape index (κ1) is 21.2. The van der Waals surface area contributed by atoms with E-state index in [0.717, 1.165) is 36.4 Å². The fourth-order valence-corrected chi connectivity index (χ4v) is 2.86. The van der Waals surface area contributed by atoms with Crippen LogP contribution in [-0.4, -0.2) is 71.2 Å². The number of esters is 2. The van der Waals surface area contributed by atoms with Crippen molar-refractivity contribution in [3.05, 3.63) is 47.5 Å². The van der Waals surface area contributed by atoms with Gasteiger partial charge in [0.2, 0.25) is 0 Å². The van der Waals surface area contributed by atoms with Gasteiger partial charge >= 0.3 is 11.9 Å². The summed E-state index contributed by atoms with van der Waals surface area (Å²) >= 11 is 0. The molecule has 3 N–H and O–H groups in total. The van der Waals surface area contributed by atoms with Crippen LogP contribution in [0.3, 0.4) is 0 Å². The zero-order chi connectivity index (χ0) is 31.2. The number of phenols is 2. The average molecular weight is 510 g/mol. The topological polar surface area (TPSA) is 166 Å². The fraction of sp³-hybridized carbons (Fsp3) is 0.360. The number of rotatable bonds is 14. The minimum absolute atomic E-state index is 0.0466. The molecule has 0 aromatic heterocycles. The molecular weight excluding hydrogens is 476 g/mol. The highest BCUT2D eigenvalue weighted by Gasteiger charge is 2.23. The van der Waals surface area contributed by atoms with Crippen LogP contribution in [0.15, 0.2) is 36.4 Å². The molecule has 11 heteroatoms. The summed E-state index contributed by atoms with van der Waals surface area (Å²) in [6, 6.07) is 6.20. The molecule has 2 aromatic rings. The zero-order valence-corrected chi connectivity index (χ0v) is 19.4. The lowest BCUT2D eigenvalue weighted by atomic mass is 10.1. The predicted molar refractivity (Wildman–Crippen MR) is 124 cm³/mol. The summed E-state index contributed by atoms with van der Waals surface area (Å²) in [5.41, 5.74) is -1.41. The number of hydrogen-bond donors (Lipinski definition) is 3. The lowest BCUT2D eigenvalue weighted by molar-refractivity contribution is -0.143. The van der Waals surface area contributed by atoms with Crippen LogP contribution in [0, 0.1) is 0 Å². The van der Waals surface area contributed by atoms with Gasteiger partial charge in [0.15, 0.2) is 11.6 Å². The molecule has 0 saturated heterocycles. The molecule has 0 atom stereocenters. The molecule has 0 heterocycles. The molecule has 0 aliphatic heterocycles. The summed E-state index contributed by atoms with van der Waals surface area (Å²) in [7, 11) is 0. The second-order valence-corrected chi connectivity index (χ2v) is 6.87. The van der Waals surface area contributed by atoms with E-state index in [4.69, 9.17) is 16.3 Å². The summed E-state index contributed by atoms with van der Waals surface area (Å²) < 4.78 is 60.1. The molecule has 0 aliphatic carbocycles. The minimum atomic E-state index is -3.97. The molecule has 0 spiro atoms. The number of phenolic OH excluding ortho intramolecular Hbond substituents is 2. The van der Waals surface area contributed by atoms with E-state index in [0.29, 0.717) is 0 Å². The monoisotopic (exact) mass is 509 g/mol. The Morgan fingerprint density at radius 2 is 1.19 bits per heavy atom. The Bertz CT molecular complexity index is 1210. The van der Waals surface area contributed by atoms with Gasteiger partial charge in [0, 0.05) is 0 Å². The summed E-state index contributed by atoms with van der Waals surface area (Å²) in [5, 5.41) is 31.1. The van der Waals surface area contributed by atoms with Gasteiger partial charge in [-0.15, -0.1) is 0 Å². The minimum Gasteiger partial charge on any atom is -0.507 e. The van der Waals surface area contributed by atoms with Crippen molar-refractivity contribution in [1.29, 1.82) is 0 Å². The van der Waals surface area contributed by atoms with Gasteiger partial charge in [0.05, 0.1) is 20.1 Å². The summed E-state index contributed by atoms with van der Waals surface area (Å²) in [4.78, 5) is 48.8. The molecule has 0 bridgehead atoms. The number of hydrogen-bond acceptors (Lipinski definition) is 11. The highest BCUT2D eigenvalue weighted by Crippen LogP contribution is 2.30. The van der Waals surface area contributed by atoms with Crippen molar-refractivity contribution in [3.63, 3.8) is 0 Å². The molecule has 0 fully saturated rings. The summed E-state index contributed by atoms with van der Waals surface area (Å²) in [5.74, 6) is -7.06. The fourth-order valence-electron chi connectivity index (χ4n) is 2.86. The summed E-state index contributed by atoms with van der Waals surface area (Å²) in [6.07, 6.45) is -5.72. The highest BCUT2D eigenvalue weighted by atomic mass is 16.5. The van der Waals surface area contributed by atoms with Crippen LogP contribution in [-0.2, 0) is 19.1 Å². The first-order valence-corrected chi connectivity index (χ1v) is 10.6. The Balaban J connectivity index is 2.42. The van der Waals surface area contributed by atoms with Crippen LogP contribution in [0.1, 0.15) is 54.3 Å². The number of Topliss-reactive ketones (excluding diaryl/α,β-unsaturated/α-hetero) is 2. The van der Waals surface area contributed by atoms with Crippen molar-refractivity contribution in [2.75, 3.05) is 26.3 Å². The average Bonchev–Trinajstić information content (AvgIpc) is 2.83. The van der Waals surface area contributed by atoms with E-state index in [9.17, 15) is 34.5 Å². The SMILES string of the molecule is [2H]C([2H])(Oc1cccc(O)c1C(=O)CC(=O)OCC)C([2H])(O)C([2H])([2H])Oc1cccc(O)c1C(=O)CC(=O)OCC. The molecule has 2 aromatic carbocycles. The highest BCUT2D eigenvalue weighted by molar-refractivity contribution is 6.09. The number of ether oxygens (including phenoxy) is 4. The number of benzene rings is 2. The van der Waals surface area contributed by atoms with Crippen LogP contribution in [0.4, 0.5) is 0 Å². The molecule has 2 rings (SSSR count). The molecule has 0 saturated carbocycles. The van der Waals surface area contributed by atoms with E-state index in [1.54, 1.807) is 0 Å². The molecule has 0 aliphatic rings. The molecule has 194 valence electrons. The Labute approximate surface area is 214 Å². The standard InChI is InChI=1S/C25H28O11/c1-3-33-22(31)11-18(29)24-16(27)7-5-9-20(24)35-13-15(26)14-36-21-10-6-8-17(28)25(21)19(30)12-23(32)34-4-2/h5-10,15,26-28H,3-4,11-14H2,1-2H3/i13D2,14D2,15D. The van der Waals surface area contributed by atoms with Gasteiger partial charge in [-0.2, -0.15) is 0 Å². The smallest absolute Gasteiger partial charge is 0.313 e. The van der Waals surface area contributed by atoms with E-state index in [-0.39, 0.29) is 13.2 Å². The number of aromatic hydroxyl groups is 2. The molecule has 0 amide bonds. The van der Waals surface area contributed by atoms with Crippen LogP contribution < -0.4 is 9.47 Å². The van der Waals surface area contributed by atoms with Crippen molar-refractivity contribution in [2.45, 2.75) is 32.8 Å². The lowest BCUT2D eigenvalue weighted by Crippen LogP contribution is -2.26. The number of ketones is 2. The van der Waals surface area contributed by atoms with Crippen LogP contribution in [0.25, 0.3) is 0 Å². The lowest BCUT2D eigenvalue weighted by Gasteiger charge is -2.17. The van der Waals surface area contributed by atoms with Crippen molar-refractivity contribution in [2.24, 2.45) is 0 Å². The van der Waals surface area contributed by atoms with Crippen LogP contribution in [0.5, 0.6) is 23.0 Å². The van der Waals surface area contributed by atoms with Gasteiger partial charge in [-0.25, -0.2) is 0 Å². The predicted octanol–water partition coefficient (Wildman–Crippen LogP) is 2.19. The first-order valence-electron chi connectivity index (χ1n) is 13.1. The van der Waals surface area contributed by atoms with Crippen LogP contribution >= 0.6 is 0 Å². The van der Waals surface area contributed by atoms with E-state index < -0.39 is 89.7 Å². The number of carbonyl (C=O) groups is 4. The second-order valence-electron chi connectivity index (χ2n) is 6.87. The Morgan fingerprint density at radius 3 is 1.56 bits per heavy atom. The maximum absolute atomic E-state index is 12.6. The van der Waals surface area contributed by atoms with E-state index in [2.05, 4.69) is 9.47 Å². The van der Waals surface area contributed by atoms with Crippen molar-refractivity contribution >= 4 is 23.5 Å². The molecule has 36 heavy (non-hydrogen) atoms. The maximum atomic E-state index is 12.6. The van der Waals surface area contributed by atoms with Gasteiger partial charge in [0.25, 0.3) is 0 Å². The molecule has 11 nitrogen and oxygen atoms in total. The maximum Gasteiger partial charge on any atom is 0.313 e. The third kappa shape index (κ3) is 7.98. The third-order valence-corrected chi connectivity index (χ3v) is 4.30. The zero-order valence-electron chi connectivity index (χ0n) is 24.4. The van der Waals surface area contributed by atoms with E-state index >= 15 is 0 Å². The number of carbonyl (C=O) groups excluding carboxylic acids is 4. The first-order chi connectivity index (χ1) is 19.0. The van der Waals surface area contributed by atoms with Crippen LogP contribution in [0.2, 0.25) is 0 Å². The van der Waals surface area contributed by atoms with Crippen molar-refractivity contribution in [3.8, 4) is 23.0 Å². The van der Waals surface area contributed by atoms with Gasteiger partial charge in [0.1, 0.15) is 66.2 Å². The Hall–Kier alpha value is -4.12. The Morgan fingerprint density at radius 1 is 0.806 bits per heavy atom. The quantitative estimate of drug-likeness (QED) is 0.194. The third-order valence-electron chi connectivity index (χ3n) is 4.30.